The van der Waals surface area contributed by atoms with Crippen LogP contribution < -0.4 is 14.8 Å². The van der Waals surface area contributed by atoms with Crippen LogP contribution in [0.2, 0.25) is 0 Å². The number of benzene rings is 1. The summed E-state index contributed by atoms with van der Waals surface area (Å²) in [5, 5.41) is 3.38. The summed E-state index contributed by atoms with van der Waals surface area (Å²) in [6.07, 6.45) is 4.98. The first kappa shape index (κ1) is 24.0. The lowest BCUT2D eigenvalue weighted by Gasteiger charge is -2.31. The third-order valence-electron chi connectivity index (χ3n) is 5.95. The summed E-state index contributed by atoms with van der Waals surface area (Å²) >= 11 is 0. The maximum absolute atomic E-state index is 13.0. The highest BCUT2D eigenvalue weighted by Crippen LogP contribution is 2.31. The molecule has 1 atom stereocenters. The van der Waals surface area contributed by atoms with Crippen LogP contribution in [0.1, 0.15) is 17.4 Å². The minimum atomic E-state index is -3.58. The molecule has 3 aromatic rings. The highest BCUT2D eigenvalue weighted by atomic mass is 32.2. The fourth-order valence-corrected chi connectivity index (χ4v) is 5.26. The summed E-state index contributed by atoms with van der Waals surface area (Å²) in [5.74, 6) is 2.58. The fourth-order valence-electron chi connectivity index (χ4n) is 3.89. The third kappa shape index (κ3) is 5.01. The van der Waals surface area contributed by atoms with Gasteiger partial charge in [-0.2, -0.15) is 4.31 Å². The molecule has 1 aliphatic heterocycles. The van der Waals surface area contributed by atoms with Crippen LogP contribution in [0.15, 0.2) is 53.8 Å². The Bertz CT molecular complexity index is 1200. The third-order valence-corrected chi connectivity index (χ3v) is 7.83. The minimum Gasteiger partial charge on any atom is -0.497 e. The molecule has 10 nitrogen and oxygen atoms in total. The van der Waals surface area contributed by atoms with Crippen LogP contribution in [0.4, 0.5) is 5.82 Å². The number of piperazine rings is 1. The number of anilines is 1. The fraction of sp³-hybridized carbons (Fsp3) is 0.391. The van der Waals surface area contributed by atoms with Gasteiger partial charge in [0.15, 0.2) is 0 Å². The van der Waals surface area contributed by atoms with Gasteiger partial charge in [0.1, 0.15) is 34.1 Å². The van der Waals surface area contributed by atoms with Gasteiger partial charge in [-0.1, -0.05) is 0 Å². The van der Waals surface area contributed by atoms with Crippen molar-refractivity contribution in [2.75, 3.05) is 52.8 Å². The molecule has 4 rings (SSSR count). The molecule has 1 saturated heterocycles. The molecule has 1 aliphatic rings. The first-order chi connectivity index (χ1) is 16.3. The second kappa shape index (κ2) is 10.00. The summed E-state index contributed by atoms with van der Waals surface area (Å²) < 4.78 is 40.4. The van der Waals surface area contributed by atoms with E-state index in [1.165, 1.54) is 10.5 Å². The Morgan fingerprint density at radius 3 is 2.18 bits per heavy atom. The predicted octanol–water partition coefficient (Wildman–Crippen LogP) is 1.97. The molecule has 0 radical (unpaired) electrons. The number of rotatable bonds is 8. The number of pyridine rings is 1. The molecule has 1 aromatic carbocycles. The summed E-state index contributed by atoms with van der Waals surface area (Å²) in [6.45, 7) is 2.36. The highest BCUT2D eigenvalue weighted by Gasteiger charge is 2.28. The van der Waals surface area contributed by atoms with Crippen molar-refractivity contribution >= 4 is 15.8 Å². The van der Waals surface area contributed by atoms with Crippen LogP contribution in [-0.4, -0.2) is 79.6 Å². The number of nitrogens with one attached hydrogen (secondary N) is 1. The molecule has 0 spiro atoms. The molecular formula is C23H30N6O4S. The zero-order valence-electron chi connectivity index (χ0n) is 19.8. The molecule has 0 bridgehead atoms. The van der Waals surface area contributed by atoms with Gasteiger partial charge >= 0.3 is 0 Å². The number of aromatic nitrogens is 3. The molecule has 1 unspecified atom stereocenters. The van der Waals surface area contributed by atoms with Crippen LogP contribution in [0, 0.1) is 0 Å². The van der Waals surface area contributed by atoms with Crippen LogP contribution in [0.5, 0.6) is 11.5 Å². The first-order valence-corrected chi connectivity index (χ1v) is 12.4. The van der Waals surface area contributed by atoms with Gasteiger partial charge in [-0.3, -0.25) is 0 Å². The normalized spacial score (nSPS) is 16.2. The number of ether oxygens (including phenoxy) is 2. The Balaban J connectivity index is 1.62. The number of sulfonamides is 1. The molecular weight excluding hydrogens is 456 g/mol. The largest absolute Gasteiger partial charge is 0.497 e. The van der Waals surface area contributed by atoms with Crippen molar-refractivity contribution in [3.05, 3.63) is 60.3 Å². The van der Waals surface area contributed by atoms with Gasteiger partial charge in [-0.25, -0.2) is 18.4 Å². The maximum atomic E-state index is 13.0. The second-order valence-electron chi connectivity index (χ2n) is 8.21. The first-order valence-electron chi connectivity index (χ1n) is 10.9. The van der Waals surface area contributed by atoms with Crippen molar-refractivity contribution in [3.8, 4) is 11.5 Å². The van der Waals surface area contributed by atoms with Crippen molar-refractivity contribution in [1.29, 1.82) is 0 Å². The smallest absolute Gasteiger partial charge is 0.244 e. The molecule has 2 aromatic heterocycles. The van der Waals surface area contributed by atoms with E-state index < -0.39 is 10.0 Å². The highest BCUT2D eigenvalue weighted by molar-refractivity contribution is 7.89. The molecule has 0 amide bonds. The number of aryl methyl sites for hydroxylation is 1. The predicted molar refractivity (Wildman–Crippen MR) is 129 cm³/mol. The van der Waals surface area contributed by atoms with Crippen LogP contribution in [0.3, 0.4) is 0 Å². The van der Waals surface area contributed by atoms with Crippen LogP contribution in [-0.2, 0) is 17.1 Å². The van der Waals surface area contributed by atoms with E-state index in [0.29, 0.717) is 43.5 Å². The number of imidazole rings is 1. The Hall–Kier alpha value is -3.15. The van der Waals surface area contributed by atoms with Gasteiger partial charge in [-0.05, 0) is 36.9 Å². The standard InChI is InChI=1S/C23H30N6O4S/c1-27-9-11-29(12-10-27)34(30,31)20-5-6-21(25-16-20)26-22(23-24-7-8-28(23)2)17-13-18(32-3)15-19(14-17)33-4/h5-8,13-16,22H,9-12H2,1-4H3,(H,25,26). The van der Waals surface area contributed by atoms with Crippen LogP contribution in [0.25, 0.3) is 0 Å². The van der Waals surface area contributed by atoms with E-state index in [4.69, 9.17) is 9.47 Å². The van der Waals surface area contributed by atoms with Crippen molar-refractivity contribution in [1.82, 2.24) is 23.7 Å². The summed E-state index contributed by atoms with van der Waals surface area (Å²) in [7, 11) is 3.51. The van der Waals surface area contributed by atoms with E-state index in [1.54, 1.807) is 38.6 Å². The number of methoxy groups -OCH3 is 2. The molecule has 3 heterocycles. The van der Waals surface area contributed by atoms with Crippen molar-refractivity contribution in [3.63, 3.8) is 0 Å². The van der Waals surface area contributed by atoms with Gasteiger partial charge in [-0.15, -0.1) is 0 Å². The lowest BCUT2D eigenvalue weighted by atomic mass is 10.0. The molecule has 1 N–H and O–H groups in total. The lowest BCUT2D eigenvalue weighted by molar-refractivity contribution is 0.222. The number of hydrogen-bond acceptors (Lipinski definition) is 8. The van der Waals surface area contributed by atoms with Gasteiger partial charge < -0.3 is 24.3 Å². The number of nitrogens with zero attached hydrogens (tertiary/aromatic N) is 5. The Morgan fingerprint density at radius 2 is 1.65 bits per heavy atom. The molecule has 0 saturated carbocycles. The van der Waals surface area contributed by atoms with Gasteiger partial charge in [0.2, 0.25) is 10.0 Å². The quantitative estimate of drug-likeness (QED) is 0.516. The molecule has 11 heteroatoms. The van der Waals surface area contributed by atoms with E-state index in [1.807, 2.05) is 37.0 Å². The van der Waals surface area contributed by atoms with E-state index >= 15 is 0 Å². The molecule has 1 fully saturated rings. The molecule has 34 heavy (non-hydrogen) atoms. The van der Waals surface area contributed by atoms with E-state index in [2.05, 4.69) is 20.2 Å². The summed E-state index contributed by atoms with van der Waals surface area (Å²) in [4.78, 5) is 11.2. The van der Waals surface area contributed by atoms with E-state index in [9.17, 15) is 8.42 Å². The Kier molecular flexibility index (Phi) is 7.05. The maximum Gasteiger partial charge on any atom is 0.244 e. The van der Waals surface area contributed by atoms with Gasteiger partial charge in [0, 0.05) is 57.9 Å². The SMILES string of the molecule is COc1cc(OC)cc(C(Nc2ccc(S(=O)(=O)N3CCN(C)CC3)cn2)c2nccn2C)c1. The second-order valence-corrected chi connectivity index (χ2v) is 10.1. The molecule has 0 aliphatic carbocycles. The lowest BCUT2D eigenvalue weighted by Crippen LogP contribution is -2.47. The summed E-state index contributed by atoms with van der Waals surface area (Å²) in [5.41, 5.74) is 0.862. The molecule has 182 valence electrons. The van der Waals surface area contributed by atoms with Gasteiger partial charge in [0.05, 0.1) is 14.2 Å². The zero-order valence-corrected chi connectivity index (χ0v) is 20.6. The topological polar surface area (TPSA) is 102 Å². The Labute approximate surface area is 200 Å². The van der Waals surface area contributed by atoms with E-state index in [0.717, 1.165) is 11.4 Å². The summed E-state index contributed by atoms with van der Waals surface area (Å²) in [6, 6.07) is 8.50. The number of likely N-dealkylation sites (N-methyl/N-ethyl adjacent to an activating group) is 1. The van der Waals surface area contributed by atoms with Crippen molar-refractivity contribution in [2.24, 2.45) is 7.05 Å². The van der Waals surface area contributed by atoms with Crippen molar-refractivity contribution < 1.29 is 17.9 Å². The average molecular weight is 487 g/mol. The minimum absolute atomic E-state index is 0.180. The average Bonchev–Trinajstić information content (AvgIpc) is 3.28. The Morgan fingerprint density at radius 1 is 0.971 bits per heavy atom. The van der Waals surface area contributed by atoms with Crippen molar-refractivity contribution in [2.45, 2.75) is 10.9 Å². The van der Waals surface area contributed by atoms with Crippen LogP contribution >= 0.6 is 0 Å². The van der Waals surface area contributed by atoms with E-state index in [-0.39, 0.29) is 10.9 Å². The monoisotopic (exact) mass is 486 g/mol. The zero-order chi connectivity index (χ0) is 24.3. The number of hydrogen-bond donors (Lipinski definition) is 1. The van der Waals surface area contributed by atoms with Gasteiger partial charge in [0.25, 0.3) is 0 Å².